The van der Waals surface area contributed by atoms with Crippen molar-refractivity contribution in [3.63, 3.8) is 0 Å². The highest BCUT2D eigenvalue weighted by atomic mass is 127. The number of carbonyl (C=O) groups is 1. The predicted molar refractivity (Wildman–Crippen MR) is 98.2 cm³/mol. The molecule has 0 aliphatic heterocycles. The molecule has 0 spiro atoms. The molecule has 2 heterocycles. The fraction of sp³-hybridized carbons (Fsp3) is 0.133. The Bertz CT molecular complexity index is 857. The van der Waals surface area contributed by atoms with E-state index >= 15 is 0 Å². The lowest BCUT2D eigenvalue weighted by atomic mass is 10.3. The Labute approximate surface area is 156 Å². The topological polar surface area (TPSA) is 74.0 Å². The van der Waals surface area contributed by atoms with E-state index in [4.69, 9.17) is 16.3 Å². The van der Waals surface area contributed by atoms with Gasteiger partial charge in [-0.25, -0.2) is 4.68 Å². The molecule has 0 saturated carbocycles. The minimum Gasteiger partial charge on any atom is -0.471 e. The maximum atomic E-state index is 12.3. The van der Waals surface area contributed by atoms with Crippen LogP contribution in [0.1, 0.15) is 10.5 Å². The third-order valence-electron chi connectivity index (χ3n) is 3.16. The van der Waals surface area contributed by atoms with Crippen molar-refractivity contribution in [2.45, 2.75) is 6.73 Å². The highest BCUT2D eigenvalue weighted by molar-refractivity contribution is 14.1. The van der Waals surface area contributed by atoms with Crippen molar-refractivity contribution < 1.29 is 9.53 Å². The molecule has 0 fully saturated rings. The number of aryl methyl sites for hydroxylation is 1. The van der Waals surface area contributed by atoms with Crippen molar-refractivity contribution in [2.24, 2.45) is 7.05 Å². The number of nitrogens with zero attached hydrogens (tertiary/aromatic N) is 4. The Morgan fingerprint density at radius 3 is 2.92 bits per heavy atom. The summed E-state index contributed by atoms with van der Waals surface area (Å²) in [5.74, 6) is 0.405. The number of carbonyl (C=O) groups excluding carboxylic acids is 1. The lowest BCUT2D eigenvalue weighted by Gasteiger charge is -2.06. The van der Waals surface area contributed by atoms with E-state index in [0.717, 1.165) is 3.57 Å². The van der Waals surface area contributed by atoms with Crippen LogP contribution in [0.25, 0.3) is 0 Å². The Hall–Kier alpha value is -2.07. The van der Waals surface area contributed by atoms with Gasteiger partial charge in [0.05, 0.1) is 27.8 Å². The zero-order valence-electron chi connectivity index (χ0n) is 12.6. The molecule has 1 N–H and O–H groups in total. The summed E-state index contributed by atoms with van der Waals surface area (Å²) >= 11 is 7.98. The number of anilines is 1. The molecular formula is C15H13ClIN5O2. The van der Waals surface area contributed by atoms with E-state index in [1.807, 2.05) is 12.1 Å². The summed E-state index contributed by atoms with van der Waals surface area (Å²) in [5.41, 5.74) is 1.07. The van der Waals surface area contributed by atoms with Crippen LogP contribution in [0.3, 0.4) is 0 Å². The van der Waals surface area contributed by atoms with Crippen molar-refractivity contribution in [3.8, 4) is 5.75 Å². The molecule has 2 aromatic heterocycles. The first-order chi connectivity index (χ1) is 11.5. The van der Waals surface area contributed by atoms with E-state index in [9.17, 15) is 4.79 Å². The van der Waals surface area contributed by atoms with Gasteiger partial charge in [0.15, 0.2) is 6.73 Å². The van der Waals surface area contributed by atoms with Crippen LogP contribution in [-0.2, 0) is 13.8 Å². The summed E-state index contributed by atoms with van der Waals surface area (Å²) in [6, 6.07) is 7.11. The summed E-state index contributed by atoms with van der Waals surface area (Å²) in [4.78, 5) is 12.3. The molecule has 1 aromatic carbocycles. The molecule has 7 nitrogen and oxygen atoms in total. The number of halogens is 2. The van der Waals surface area contributed by atoms with E-state index in [1.54, 1.807) is 42.5 Å². The minimum absolute atomic E-state index is 0.208. The maximum Gasteiger partial charge on any atom is 0.275 e. The average Bonchev–Trinajstić information content (AvgIpc) is 3.12. The number of benzene rings is 1. The molecule has 0 radical (unpaired) electrons. The number of hydrogen-bond donors (Lipinski definition) is 1. The first kappa shape index (κ1) is 16.8. The highest BCUT2D eigenvalue weighted by Crippen LogP contribution is 2.18. The Kier molecular flexibility index (Phi) is 5.05. The zero-order chi connectivity index (χ0) is 17.1. The van der Waals surface area contributed by atoms with Gasteiger partial charge < -0.3 is 10.1 Å². The number of amides is 1. The average molecular weight is 458 g/mol. The van der Waals surface area contributed by atoms with E-state index in [2.05, 4.69) is 38.1 Å². The van der Waals surface area contributed by atoms with Crippen LogP contribution in [0.15, 0.2) is 42.9 Å². The van der Waals surface area contributed by atoms with Crippen molar-refractivity contribution >= 4 is 45.8 Å². The fourth-order valence-corrected chi connectivity index (χ4v) is 2.95. The summed E-state index contributed by atoms with van der Waals surface area (Å²) in [6.07, 6.45) is 4.88. The predicted octanol–water partition coefficient (Wildman–Crippen LogP) is 3.16. The Morgan fingerprint density at radius 1 is 1.38 bits per heavy atom. The van der Waals surface area contributed by atoms with Crippen molar-refractivity contribution in [2.75, 3.05) is 5.32 Å². The molecule has 3 rings (SSSR count). The zero-order valence-corrected chi connectivity index (χ0v) is 15.5. The molecule has 0 atom stereocenters. The molecule has 0 aliphatic carbocycles. The molecule has 3 aromatic rings. The molecule has 0 unspecified atom stereocenters. The monoisotopic (exact) mass is 457 g/mol. The fourth-order valence-electron chi connectivity index (χ4n) is 2.05. The lowest BCUT2D eigenvalue weighted by Crippen LogP contribution is -2.17. The van der Waals surface area contributed by atoms with Crippen LogP contribution >= 0.6 is 34.2 Å². The molecule has 0 saturated heterocycles. The Morgan fingerprint density at radius 2 is 2.21 bits per heavy atom. The molecule has 0 bridgehead atoms. The molecule has 24 heavy (non-hydrogen) atoms. The highest BCUT2D eigenvalue weighted by Gasteiger charge is 2.15. The number of hydrogen-bond acceptors (Lipinski definition) is 4. The van der Waals surface area contributed by atoms with Gasteiger partial charge in [-0.1, -0.05) is 17.7 Å². The molecule has 124 valence electrons. The number of nitrogens with one attached hydrogen (secondary N) is 1. The molecule has 1 amide bonds. The van der Waals surface area contributed by atoms with Gasteiger partial charge in [0.2, 0.25) is 0 Å². The normalized spacial score (nSPS) is 10.6. The van der Waals surface area contributed by atoms with Gasteiger partial charge in [0, 0.05) is 12.1 Å². The number of aromatic nitrogens is 4. The number of ether oxygens (including phenoxy) is 1. The largest absolute Gasteiger partial charge is 0.471 e. The second-order valence-electron chi connectivity index (χ2n) is 4.92. The SMILES string of the molecule is Cn1ncc(I)c1C(=O)Nc1cnn(COc2cccc(Cl)c2)c1. The van der Waals surface area contributed by atoms with E-state index in [-0.39, 0.29) is 12.6 Å². The van der Waals surface area contributed by atoms with Crippen molar-refractivity contribution in [1.82, 2.24) is 19.6 Å². The van der Waals surface area contributed by atoms with E-state index in [1.165, 1.54) is 4.68 Å². The van der Waals surface area contributed by atoms with Gasteiger partial charge in [0.25, 0.3) is 5.91 Å². The van der Waals surface area contributed by atoms with Crippen LogP contribution < -0.4 is 10.1 Å². The van der Waals surface area contributed by atoms with Gasteiger partial charge in [-0.05, 0) is 40.8 Å². The second kappa shape index (κ2) is 7.22. The lowest BCUT2D eigenvalue weighted by molar-refractivity contribution is 0.101. The van der Waals surface area contributed by atoms with Crippen LogP contribution in [0, 0.1) is 3.57 Å². The van der Waals surface area contributed by atoms with Gasteiger partial charge in [-0.15, -0.1) is 0 Å². The Balaban J connectivity index is 1.62. The number of rotatable bonds is 5. The van der Waals surface area contributed by atoms with Crippen LogP contribution in [0.2, 0.25) is 5.02 Å². The van der Waals surface area contributed by atoms with E-state index in [0.29, 0.717) is 22.2 Å². The van der Waals surface area contributed by atoms with Gasteiger partial charge in [-0.2, -0.15) is 10.2 Å². The van der Waals surface area contributed by atoms with Crippen LogP contribution in [0.4, 0.5) is 5.69 Å². The molecule has 0 aliphatic rings. The summed E-state index contributed by atoms with van der Waals surface area (Å²) in [5, 5.41) is 11.6. The van der Waals surface area contributed by atoms with Crippen molar-refractivity contribution in [1.29, 1.82) is 0 Å². The third-order valence-corrected chi connectivity index (χ3v) is 4.18. The standard InChI is InChI=1S/C15H13ClIN5O2/c1-21-14(13(17)7-18-21)15(23)20-11-6-19-22(8-11)9-24-12-4-2-3-10(16)5-12/h2-8H,9H2,1H3,(H,20,23). The van der Waals surface area contributed by atoms with Crippen LogP contribution in [-0.4, -0.2) is 25.5 Å². The van der Waals surface area contributed by atoms with Crippen molar-refractivity contribution in [3.05, 3.63) is 57.1 Å². The second-order valence-corrected chi connectivity index (χ2v) is 6.52. The summed E-state index contributed by atoms with van der Waals surface area (Å²) in [7, 11) is 1.72. The third kappa shape index (κ3) is 3.88. The first-order valence-electron chi connectivity index (χ1n) is 6.92. The molecule has 9 heteroatoms. The van der Waals surface area contributed by atoms with E-state index < -0.39 is 0 Å². The molecular weight excluding hydrogens is 445 g/mol. The van der Waals surface area contributed by atoms with Gasteiger partial charge in [0.1, 0.15) is 11.4 Å². The van der Waals surface area contributed by atoms with Crippen LogP contribution in [0.5, 0.6) is 5.75 Å². The quantitative estimate of drug-likeness (QED) is 0.597. The summed E-state index contributed by atoms with van der Waals surface area (Å²) in [6.45, 7) is 0.208. The first-order valence-corrected chi connectivity index (χ1v) is 8.38. The van der Waals surface area contributed by atoms with Gasteiger partial charge >= 0.3 is 0 Å². The summed E-state index contributed by atoms with van der Waals surface area (Å²) < 4.78 is 9.48. The smallest absolute Gasteiger partial charge is 0.275 e. The van der Waals surface area contributed by atoms with Gasteiger partial charge in [-0.3, -0.25) is 9.48 Å². The maximum absolute atomic E-state index is 12.3. The minimum atomic E-state index is -0.241.